The summed E-state index contributed by atoms with van der Waals surface area (Å²) in [5, 5.41) is 8.54. The van der Waals surface area contributed by atoms with Crippen molar-refractivity contribution in [1.29, 1.82) is 0 Å². The van der Waals surface area contributed by atoms with Gasteiger partial charge in [-0.25, -0.2) is 0 Å². The molecule has 0 spiro atoms. The summed E-state index contributed by atoms with van der Waals surface area (Å²) < 4.78 is 0. The van der Waals surface area contributed by atoms with Crippen LogP contribution in [0.1, 0.15) is 73.6 Å². The lowest BCUT2D eigenvalue weighted by atomic mass is 9.90. The van der Waals surface area contributed by atoms with E-state index in [0.29, 0.717) is 0 Å². The molecule has 0 radical (unpaired) electrons. The van der Waals surface area contributed by atoms with E-state index in [0.717, 1.165) is 25.7 Å². The second-order valence-electron chi connectivity index (χ2n) is 2.67. The van der Waals surface area contributed by atoms with Crippen molar-refractivity contribution in [2.45, 2.75) is 73.6 Å². The number of aliphatic carboxylic acids is 1. The van der Waals surface area contributed by atoms with Gasteiger partial charge in [0.15, 0.2) is 0 Å². The molecule has 1 N–H and O–H groups in total. The Hall–Kier alpha value is -0.530. The van der Waals surface area contributed by atoms with Crippen LogP contribution in [0.25, 0.3) is 0 Å². The molecule has 0 aromatic carbocycles. The average Bonchev–Trinajstić information content (AvgIpc) is 2.38. The minimum absolute atomic E-state index is 0.0289. The molecule has 0 aromatic rings. The maximum Gasteiger partial charge on any atom is 0.306 e. The topological polar surface area (TPSA) is 37.3 Å². The smallest absolute Gasteiger partial charge is 0.306 e. The van der Waals surface area contributed by atoms with Crippen molar-refractivity contribution in [3.63, 3.8) is 0 Å². The van der Waals surface area contributed by atoms with E-state index in [4.69, 9.17) is 5.11 Å². The second-order valence-corrected chi connectivity index (χ2v) is 2.67. The van der Waals surface area contributed by atoms with Gasteiger partial charge in [0, 0.05) is 0 Å². The van der Waals surface area contributed by atoms with Crippen molar-refractivity contribution >= 4 is 5.97 Å². The summed E-state index contributed by atoms with van der Waals surface area (Å²) in [5.74, 6) is -0.631. The minimum Gasteiger partial charge on any atom is -0.481 e. The number of carboxylic acids is 1. The maximum atomic E-state index is 10.4. The van der Waals surface area contributed by atoms with Gasteiger partial charge in [0.1, 0.15) is 0 Å². The standard InChI is InChI=1S/C7H12O2.3C2H6/c8-7(9)6-4-2-1-3-5-6;3*1-2/h6H,1-5H2,(H,8,9);3*1-2H3. The highest BCUT2D eigenvalue weighted by molar-refractivity contribution is 5.69. The Morgan fingerprint density at radius 2 is 1.20 bits per heavy atom. The molecule has 2 heteroatoms. The van der Waals surface area contributed by atoms with Crippen LogP contribution in [0.5, 0.6) is 0 Å². The van der Waals surface area contributed by atoms with Gasteiger partial charge in [0.2, 0.25) is 0 Å². The predicted octanol–water partition coefficient (Wildman–Crippen LogP) is 4.73. The van der Waals surface area contributed by atoms with Crippen molar-refractivity contribution in [3.05, 3.63) is 0 Å². The Morgan fingerprint density at radius 3 is 1.40 bits per heavy atom. The molecular formula is C13H30O2. The molecule has 1 rings (SSSR count). The van der Waals surface area contributed by atoms with Gasteiger partial charge in [0.05, 0.1) is 5.92 Å². The molecule has 0 saturated heterocycles. The van der Waals surface area contributed by atoms with Gasteiger partial charge in [-0.2, -0.15) is 0 Å². The summed E-state index contributed by atoms with van der Waals surface area (Å²) in [6, 6.07) is 0. The van der Waals surface area contributed by atoms with Gasteiger partial charge in [0.25, 0.3) is 0 Å². The lowest BCUT2D eigenvalue weighted by molar-refractivity contribution is -0.142. The minimum atomic E-state index is -0.602. The quantitative estimate of drug-likeness (QED) is 0.691. The molecule has 1 fully saturated rings. The van der Waals surface area contributed by atoms with Crippen LogP contribution in [-0.4, -0.2) is 11.1 Å². The largest absolute Gasteiger partial charge is 0.481 e. The zero-order valence-electron chi connectivity index (χ0n) is 11.5. The normalized spacial score (nSPS) is 14.3. The van der Waals surface area contributed by atoms with Crippen LogP contribution >= 0.6 is 0 Å². The van der Waals surface area contributed by atoms with Gasteiger partial charge in [-0.15, -0.1) is 0 Å². The van der Waals surface area contributed by atoms with E-state index < -0.39 is 5.97 Å². The summed E-state index contributed by atoms with van der Waals surface area (Å²) >= 11 is 0. The monoisotopic (exact) mass is 218 g/mol. The predicted molar refractivity (Wildman–Crippen MR) is 68.3 cm³/mol. The fourth-order valence-electron chi connectivity index (χ4n) is 1.35. The van der Waals surface area contributed by atoms with Crippen LogP contribution in [0.3, 0.4) is 0 Å². The van der Waals surface area contributed by atoms with Crippen LogP contribution in [0, 0.1) is 5.92 Å². The first kappa shape index (κ1) is 20.0. The molecule has 0 amide bonds. The van der Waals surface area contributed by atoms with Gasteiger partial charge in [-0.05, 0) is 12.8 Å². The fourth-order valence-corrected chi connectivity index (χ4v) is 1.35. The van der Waals surface area contributed by atoms with Crippen molar-refractivity contribution in [1.82, 2.24) is 0 Å². The van der Waals surface area contributed by atoms with E-state index in [2.05, 4.69) is 0 Å². The Morgan fingerprint density at radius 1 is 0.867 bits per heavy atom. The average molecular weight is 218 g/mol. The third-order valence-corrected chi connectivity index (χ3v) is 1.95. The molecule has 0 aliphatic heterocycles. The zero-order valence-corrected chi connectivity index (χ0v) is 11.5. The first-order valence-corrected chi connectivity index (χ1v) is 6.53. The molecule has 2 nitrogen and oxygen atoms in total. The van der Waals surface area contributed by atoms with E-state index >= 15 is 0 Å². The fraction of sp³-hybridized carbons (Fsp3) is 0.923. The van der Waals surface area contributed by atoms with Gasteiger partial charge < -0.3 is 5.11 Å². The van der Waals surface area contributed by atoms with E-state index in [-0.39, 0.29) is 5.92 Å². The lowest BCUT2D eigenvalue weighted by Crippen LogP contribution is -2.16. The summed E-state index contributed by atoms with van der Waals surface area (Å²) in [4.78, 5) is 10.4. The lowest BCUT2D eigenvalue weighted by Gasteiger charge is -2.16. The number of hydrogen-bond acceptors (Lipinski definition) is 1. The van der Waals surface area contributed by atoms with Gasteiger partial charge in [-0.1, -0.05) is 60.8 Å². The first-order chi connectivity index (χ1) is 7.30. The van der Waals surface area contributed by atoms with Crippen LogP contribution in [0.15, 0.2) is 0 Å². The summed E-state index contributed by atoms with van der Waals surface area (Å²) in [5.41, 5.74) is 0. The molecule has 0 atom stereocenters. The summed E-state index contributed by atoms with van der Waals surface area (Å²) in [6.07, 6.45) is 5.24. The van der Waals surface area contributed by atoms with Crippen LogP contribution in [0.2, 0.25) is 0 Å². The molecule has 0 bridgehead atoms. The molecule has 0 unspecified atom stereocenters. The first-order valence-electron chi connectivity index (χ1n) is 6.53. The Labute approximate surface area is 96.1 Å². The molecule has 1 aliphatic rings. The van der Waals surface area contributed by atoms with Gasteiger partial charge in [-0.3, -0.25) is 4.79 Å². The highest BCUT2D eigenvalue weighted by Gasteiger charge is 2.19. The van der Waals surface area contributed by atoms with Crippen LogP contribution < -0.4 is 0 Å². The number of hydrogen-bond donors (Lipinski definition) is 1. The molecule has 0 aromatic heterocycles. The van der Waals surface area contributed by atoms with Crippen molar-refractivity contribution < 1.29 is 9.90 Å². The van der Waals surface area contributed by atoms with E-state index in [1.165, 1.54) is 6.42 Å². The molecule has 94 valence electrons. The van der Waals surface area contributed by atoms with Gasteiger partial charge >= 0.3 is 5.97 Å². The third-order valence-electron chi connectivity index (χ3n) is 1.95. The SMILES string of the molecule is CC.CC.CC.O=C(O)C1CCCCC1. The Balaban J connectivity index is -0.000000208. The number of rotatable bonds is 1. The van der Waals surface area contributed by atoms with Crippen molar-refractivity contribution in [2.75, 3.05) is 0 Å². The third kappa shape index (κ3) is 13.5. The molecule has 0 heterocycles. The molecular weight excluding hydrogens is 188 g/mol. The van der Waals surface area contributed by atoms with E-state index in [1.54, 1.807) is 0 Å². The summed E-state index contributed by atoms with van der Waals surface area (Å²) in [7, 11) is 0. The Kier molecular flexibility index (Phi) is 25.4. The second kappa shape index (κ2) is 19.1. The van der Waals surface area contributed by atoms with Crippen LogP contribution in [0.4, 0.5) is 0 Å². The molecule has 1 saturated carbocycles. The molecule has 15 heavy (non-hydrogen) atoms. The number of carboxylic acid groups (broad SMARTS) is 1. The van der Waals surface area contributed by atoms with Crippen LogP contribution in [-0.2, 0) is 4.79 Å². The highest BCUT2D eigenvalue weighted by atomic mass is 16.4. The zero-order chi connectivity index (χ0) is 12.7. The summed E-state index contributed by atoms with van der Waals surface area (Å²) in [6.45, 7) is 12.0. The highest BCUT2D eigenvalue weighted by Crippen LogP contribution is 2.23. The van der Waals surface area contributed by atoms with E-state index in [9.17, 15) is 4.79 Å². The van der Waals surface area contributed by atoms with E-state index in [1.807, 2.05) is 41.5 Å². The maximum absolute atomic E-state index is 10.4. The van der Waals surface area contributed by atoms with Crippen molar-refractivity contribution in [2.24, 2.45) is 5.92 Å². The van der Waals surface area contributed by atoms with Crippen molar-refractivity contribution in [3.8, 4) is 0 Å². The number of carbonyl (C=O) groups is 1. The Bertz CT molecular complexity index is 105. The molecule has 1 aliphatic carbocycles.